The van der Waals surface area contributed by atoms with E-state index in [1.807, 2.05) is 55.5 Å². The van der Waals surface area contributed by atoms with Gasteiger partial charge < -0.3 is 5.11 Å². The molecule has 7 nitrogen and oxygen atoms in total. The van der Waals surface area contributed by atoms with E-state index in [0.717, 1.165) is 11.0 Å². The molecule has 2 heterocycles. The maximum Gasteiger partial charge on any atom is 0.241 e. The number of benzene rings is 3. The van der Waals surface area contributed by atoms with Gasteiger partial charge >= 0.3 is 0 Å². The highest BCUT2D eigenvalue weighted by atomic mass is 16.3. The van der Waals surface area contributed by atoms with Crippen LogP contribution in [0.5, 0.6) is 5.75 Å². The number of nitrogens with zero attached hydrogens (tertiary/aromatic N) is 1. The summed E-state index contributed by atoms with van der Waals surface area (Å²) in [6.45, 7) is 1.82. The lowest BCUT2D eigenvalue weighted by Gasteiger charge is -2.49. The highest BCUT2D eigenvalue weighted by Crippen LogP contribution is 2.64. The van der Waals surface area contributed by atoms with Gasteiger partial charge in [-0.2, -0.15) is 0 Å². The fourth-order valence-corrected chi connectivity index (χ4v) is 7.60. The number of fused-ring (bicyclic) bond motifs is 5. The van der Waals surface area contributed by atoms with E-state index in [1.54, 1.807) is 24.3 Å². The summed E-state index contributed by atoms with van der Waals surface area (Å²) in [5.41, 5.74) is 0.743. The summed E-state index contributed by atoms with van der Waals surface area (Å²) >= 11 is 0. The number of carbonyl (C=O) groups excluding carboxylic acids is 4. The van der Waals surface area contributed by atoms with Gasteiger partial charge in [-0.05, 0) is 43.2 Å². The van der Waals surface area contributed by atoms with Crippen LogP contribution in [0.3, 0.4) is 0 Å². The lowest BCUT2D eigenvalue weighted by molar-refractivity contribution is -0.131. The summed E-state index contributed by atoms with van der Waals surface area (Å²) in [5.74, 6) is -3.96. The average molecular weight is 507 g/mol. The van der Waals surface area contributed by atoms with Crippen molar-refractivity contribution in [1.82, 2.24) is 5.32 Å². The second-order valence-electron chi connectivity index (χ2n) is 11.1. The molecule has 4 amide bonds. The second kappa shape index (κ2) is 7.87. The number of phenols is 1. The van der Waals surface area contributed by atoms with Gasteiger partial charge in [-0.3, -0.25) is 24.5 Å². The van der Waals surface area contributed by atoms with Crippen LogP contribution in [0.2, 0.25) is 0 Å². The molecule has 6 atom stereocenters. The van der Waals surface area contributed by atoms with Gasteiger partial charge in [-0.1, -0.05) is 66.2 Å². The molecule has 2 aliphatic heterocycles. The lowest BCUT2D eigenvalue weighted by Crippen LogP contribution is -2.48. The van der Waals surface area contributed by atoms with Crippen molar-refractivity contribution in [2.24, 2.45) is 29.1 Å². The van der Waals surface area contributed by atoms with Crippen molar-refractivity contribution in [2.75, 3.05) is 4.90 Å². The molecule has 0 spiro atoms. The fourth-order valence-electron chi connectivity index (χ4n) is 7.60. The van der Waals surface area contributed by atoms with E-state index in [1.165, 1.54) is 4.90 Å². The number of carbonyl (C=O) groups is 4. The van der Waals surface area contributed by atoms with Crippen molar-refractivity contribution in [3.63, 3.8) is 0 Å². The van der Waals surface area contributed by atoms with Crippen molar-refractivity contribution in [1.29, 1.82) is 0 Å². The van der Waals surface area contributed by atoms with E-state index in [2.05, 4.69) is 5.32 Å². The van der Waals surface area contributed by atoms with E-state index in [9.17, 15) is 24.3 Å². The number of aromatic hydroxyl groups is 1. The van der Waals surface area contributed by atoms with Gasteiger partial charge in [0.05, 0.1) is 28.9 Å². The normalized spacial score (nSPS) is 32.1. The molecular formula is C31H26N2O5. The van der Waals surface area contributed by atoms with E-state index in [4.69, 9.17) is 0 Å². The van der Waals surface area contributed by atoms with Gasteiger partial charge in [0, 0.05) is 16.9 Å². The highest BCUT2D eigenvalue weighted by Gasteiger charge is 2.67. The molecule has 1 saturated carbocycles. The van der Waals surface area contributed by atoms with Crippen LogP contribution in [0.1, 0.15) is 31.2 Å². The van der Waals surface area contributed by atoms with Gasteiger partial charge in [0.25, 0.3) is 0 Å². The Morgan fingerprint density at radius 3 is 2.42 bits per heavy atom. The van der Waals surface area contributed by atoms with Crippen LogP contribution in [0.25, 0.3) is 10.8 Å². The molecular weight excluding hydrogens is 480 g/mol. The zero-order valence-electron chi connectivity index (χ0n) is 20.8. The third-order valence-corrected chi connectivity index (χ3v) is 9.37. The topological polar surface area (TPSA) is 104 Å². The second-order valence-corrected chi connectivity index (χ2v) is 11.1. The first-order valence-corrected chi connectivity index (χ1v) is 13.0. The molecule has 0 aromatic heterocycles. The molecule has 4 aliphatic rings. The number of nitrogens with one attached hydrogen (secondary N) is 1. The van der Waals surface area contributed by atoms with Crippen LogP contribution >= 0.6 is 0 Å². The number of hydrogen-bond acceptors (Lipinski definition) is 5. The maximum atomic E-state index is 14.3. The predicted octanol–water partition coefficient (Wildman–Crippen LogP) is 4.06. The van der Waals surface area contributed by atoms with Crippen molar-refractivity contribution in [2.45, 2.75) is 25.7 Å². The summed E-state index contributed by atoms with van der Waals surface area (Å²) in [4.78, 5) is 55.1. The van der Waals surface area contributed by atoms with E-state index in [0.29, 0.717) is 29.5 Å². The van der Waals surface area contributed by atoms with Crippen LogP contribution in [0, 0.1) is 29.1 Å². The summed E-state index contributed by atoms with van der Waals surface area (Å²) in [6, 6.07) is 20.1. The molecule has 38 heavy (non-hydrogen) atoms. The Bertz CT molecular complexity index is 1590. The number of hydrogen-bond donors (Lipinski definition) is 2. The van der Waals surface area contributed by atoms with Gasteiger partial charge in [0.2, 0.25) is 23.6 Å². The molecule has 190 valence electrons. The molecule has 2 saturated heterocycles. The van der Waals surface area contributed by atoms with Crippen LogP contribution in [-0.4, -0.2) is 28.7 Å². The van der Waals surface area contributed by atoms with E-state index >= 15 is 0 Å². The third kappa shape index (κ3) is 2.84. The zero-order valence-corrected chi connectivity index (χ0v) is 20.8. The monoisotopic (exact) mass is 506 g/mol. The summed E-state index contributed by atoms with van der Waals surface area (Å²) in [5, 5.41) is 15.6. The van der Waals surface area contributed by atoms with Crippen molar-refractivity contribution < 1.29 is 24.3 Å². The van der Waals surface area contributed by atoms with Crippen LogP contribution in [-0.2, 0) is 19.2 Å². The number of imide groups is 2. The third-order valence-electron chi connectivity index (χ3n) is 9.37. The van der Waals surface area contributed by atoms with Crippen LogP contribution < -0.4 is 10.2 Å². The Morgan fingerprint density at radius 2 is 1.63 bits per heavy atom. The average Bonchev–Trinajstić information content (AvgIpc) is 3.32. The molecule has 3 aromatic rings. The first-order valence-electron chi connectivity index (χ1n) is 13.0. The quantitative estimate of drug-likeness (QED) is 0.403. The van der Waals surface area contributed by atoms with E-state index in [-0.39, 0.29) is 35.3 Å². The Hall–Kier alpha value is -4.26. The molecule has 7 rings (SSSR count). The number of anilines is 1. The van der Waals surface area contributed by atoms with Gasteiger partial charge in [0.15, 0.2) is 0 Å². The minimum absolute atomic E-state index is 0.0714. The minimum atomic E-state index is -1.18. The fraction of sp³-hybridized carbons (Fsp3) is 0.290. The first kappa shape index (κ1) is 22.9. The lowest BCUT2D eigenvalue weighted by atomic mass is 9.51. The standard InChI is InChI=1S/C31H26N2O5/c1-31-23(29(37)33(30(31)38)17-8-3-2-4-9-17)15-22-19(13-14-20-24(22)28(36)32-27(20)35)25(31)21-12-11-16-7-5-6-10-18(16)26(21)34/h2-13,20,22-25,34H,14-15H2,1H3,(H,32,35,36)/t20-,22+,23-,24-,25+,31+/m0/s1. The highest BCUT2D eigenvalue weighted by molar-refractivity contribution is 6.24. The smallest absolute Gasteiger partial charge is 0.241 e. The molecule has 7 heteroatoms. The molecule has 2 N–H and O–H groups in total. The molecule has 0 radical (unpaired) electrons. The molecule has 0 unspecified atom stereocenters. The molecule has 0 bridgehead atoms. The summed E-state index contributed by atoms with van der Waals surface area (Å²) < 4.78 is 0. The minimum Gasteiger partial charge on any atom is -0.507 e. The summed E-state index contributed by atoms with van der Waals surface area (Å²) in [6.07, 6.45) is 2.65. The van der Waals surface area contributed by atoms with Crippen molar-refractivity contribution in [3.05, 3.63) is 83.9 Å². The largest absolute Gasteiger partial charge is 0.507 e. The Kier molecular flexibility index (Phi) is 4.74. The first-order chi connectivity index (χ1) is 18.3. The van der Waals surface area contributed by atoms with Crippen LogP contribution in [0.4, 0.5) is 5.69 Å². The van der Waals surface area contributed by atoms with Crippen LogP contribution in [0.15, 0.2) is 78.4 Å². The number of para-hydroxylation sites is 1. The van der Waals surface area contributed by atoms with Gasteiger partial charge in [-0.15, -0.1) is 0 Å². The van der Waals surface area contributed by atoms with Crippen molar-refractivity contribution in [3.8, 4) is 5.75 Å². The SMILES string of the molecule is C[C@@]12C(=O)N(c3ccccc3)C(=O)[C@@H]1C[C@@H]1C(=CC[C@@H]3C(=O)NC(=O)[C@@H]31)[C@@H]2c1ccc2ccccc2c1O. The Balaban J connectivity index is 1.46. The number of phenolic OH excluding ortho intramolecular Hbond substituents is 1. The molecule has 3 fully saturated rings. The van der Waals surface area contributed by atoms with E-state index < -0.39 is 29.1 Å². The number of rotatable bonds is 2. The van der Waals surface area contributed by atoms with Crippen molar-refractivity contribution >= 4 is 40.1 Å². The maximum absolute atomic E-state index is 14.3. The Morgan fingerprint density at radius 1 is 0.895 bits per heavy atom. The predicted molar refractivity (Wildman–Crippen MR) is 140 cm³/mol. The number of amides is 4. The van der Waals surface area contributed by atoms with Gasteiger partial charge in [-0.25, -0.2) is 4.90 Å². The molecule has 2 aliphatic carbocycles. The summed E-state index contributed by atoms with van der Waals surface area (Å²) in [7, 11) is 0. The zero-order chi connectivity index (χ0) is 26.3. The Labute approximate surface area is 219 Å². The van der Waals surface area contributed by atoms with Gasteiger partial charge in [0.1, 0.15) is 5.75 Å². The molecule has 3 aromatic carbocycles. The number of allylic oxidation sites excluding steroid dienone is 2.